The average Bonchev–Trinajstić information content (AvgIpc) is 1.62. The molecule has 0 rings (SSSR count). The maximum absolute atomic E-state index is 5.28. The molecule has 0 radical (unpaired) electrons. The van der Waals surface area contributed by atoms with Gasteiger partial charge >= 0.3 is 0 Å². The maximum Gasteiger partial charge on any atom is 0.130 e. The van der Waals surface area contributed by atoms with Gasteiger partial charge in [0.25, 0.3) is 0 Å². The molecule has 0 amide bonds. The van der Waals surface area contributed by atoms with Gasteiger partial charge in [-0.05, 0) is 20.8 Å². The Morgan fingerprint density at radius 2 is 1.60 bits per heavy atom. The SMILES string of the molecule is CO[NH+](C)OC(C)(C)C.[I-]. The lowest BCUT2D eigenvalue weighted by molar-refractivity contribution is -1.23. The summed E-state index contributed by atoms with van der Waals surface area (Å²) in [7, 11) is 3.40. The lowest BCUT2D eigenvalue weighted by Gasteiger charge is -2.19. The molecule has 1 unspecified atom stereocenters. The molecule has 64 valence electrons. The van der Waals surface area contributed by atoms with E-state index in [1.807, 2.05) is 20.8 Å². The topological polar surface area (TPSA) is 22.9 Å². The van der Waals surface area contributed by atoms with E-state index in [4.69, 9.17) is 9.68 Å². The van der Waals surface area contributed by atoms with Crippen molar-refractivity contribution in [1.82, 2.24) is 0 Å². The predicted molar refractivity (Wildman–Crippen MR) is 34.7 cm³/mol. The minimum Gasteiger partial charge on any atom is -1.00 e. The molecule has 0 saturated heterocycles. The summed E-state index contributed by atoms with van der Waals surface area (Å²) in [5.74, 6) is 0. The average molecular weight is 261 g/mol. The summed E-state index contributed by atoms with van der Waals surface area (Å²) >= 11 is 0. The van der Waals surface area contributed by atoms with E-state index in [2.05, 4.69) is 0 Å². The fourth-order valence-corrected chi connectivity index (χ4v) is 0.473. The third-order valence-corrected chi connectivity index (χ3v) is 0.737. The van der Waals surface area contributed by atoms with E-state index in [0.29, 0.717) is 5.23 Å². The highest BCUT2D eigenvalue weighted by Gasteiger charge is 2.17. The van der Waals surface area contributed by atoms with Crippen LogP contribution >= 0.6 is 0 Å². The van der Waals surface area contributed by atoms with Crippen LogP contribution in [0.4, 0.5) is 0 Å². The van der Waals surface area contributed by atoms with Crippen molar-refractivity contribution in [1.29, 1.82) is 0 Å². The number of rotatable bonds is 2. The van der Waals surface area contributed by atoms with Crippen LogP contribution in [0.1, 0.15) is 20.8 Å². The molecule has 0 bridgehead atoms. The summed E-state index contributed by atoms with van der Waals surface area (Å²) in [6.07, 6.45) is 0. The number of hydrogen-bond acceptors (Lipinski definition) is 2. The largest absolute Gasteiger partial charge is 1.00 e. The zero-order valence-electron chi connectivity index (χ0n) is 7.19. The molecular weight excluding hydrogens is 245 g/mol. The van der Waals surface area contributed by atoms with Gasteiger partial charge in [0.2, 0.25) is 0 Å². The molecule has 0 aliphatic heterocycles. The standard InChI is InChI=1S/C6H15NO2.HI/c1-6(2,3)9-7(4)8-5;/h1-5H3;1H. The van der Waals surface area contributed by atoms with E-state index < -0.39 is 0 Å². The molecule has 1 N–H and O–H groups in total. The molecule has 0 saturated carbocycles. The summed E-state index contributed by atoms with van der Waals surface area (Å²) in [5, 5.41) is 0.613. The first kappa shape index (κ1) is 13.2. The second kappa shape index (κ2) is 5.29. The van der Waals surface area contributed by atoms with Gasteiger partial charge in [0.05, 0.1) is 7.11 Å². The van der Waals surface area contributed by atoms with Crippen LogP contribution in [0.2, 0.25) is 0 Å². The fourth-order valence-electron chi connectivity index (χ4n) is 0.473. The lowest BCUT2D eigenvalue weighted by atomic mass is 10.2. The number of quaternary nitrogens is 1. The highest BCUT2D eigenvalue weighted by molar-refractivity contribution is 4.53. The fraction of sp³-hybridized carbons (Fsp3) is 1.00. The van der Waals surface area contributed by atoms with Gasteiger partial charge in [-0.15, -0.1) is 0 Å². The second-order valence-corrected chi connectivity index (χ2v) is 2.91. The van der Waals surface area contributed by atoms with Crippen molar-refractivity contribution in [2.24, 2.45) is 0 Å². The van der Waals surface area contributed by atoms with Crippen molar-refractivity contribution < 1.29 is 38.9 Å². The predicted octanol–water partition coefficient (Wildman–Crippen LogP) is -3.20. The number of hydrogen-bond donors (Lipinski definition) is 1. The van der Waals surface area contributed by atoms with Crippen molar-refractivity contribution in [2.75, 3.05) is 14.2 Å². The first-order valence-corrected chi connectivity index (χ1v) is 3.02. The Hall–Kier alpha value is 0.610. The van der Waals surface area contributed by atoms with Crippen LogP contribution < -0.4 is 29.2 Å². The zero-order valence-corrected chi connectivity index (χ0v) is 9.35. The van der Waals surface area contributed by atoms with E-state index in [-0.39, 0.29) is 29.6 Å². The van der Waals surface area contributed by atoms with Crippen LogP contribution in [0.25, 0.3) is 0 Å². The third-order valence-electron chi connectivity index (χ3n) is 0.737. The van der Waals surface area contributed by atoms with Gasteiger partial charge in [-0.3, -0.25) is 0 Å². The van der Waals surface area contributed by atoms with Crippen LogP contribution in [0.3, 0.4) is 0 Å². The van der Waals surface area contributed by atoms with Crippen molar-refractivity contribution in [3.05, 3.63) is 0 Å². The summed E-state index contributed by atoms with van der Waals surface area (Å²) in [6, 6.07) is 0. The molecule has 0 aromatic heterocycles. The third kappa shape index (κ3) is 8.61. The number of halogens is 1. The Balaban J connectivity index is 0. The van der Waals surface area contributed by atoms with Crippen molar-refractivity contribution in [3.63, 3.8) is 0 Å². The van der Waals surface area contributed by atoms with E-state index >= 15 is 0 Å². The van der Waals surface area contributed by atoms with Crippen LogP contribution in [0, 0.1) is 0 Å². The Kier molecular flexibility index (Phi) is 6.99. The first-order valence-electron chi connectivity index (χ1n) is 3.02. The molecule has 0 aliphatic rings. The molecule has 0 aromatic carbocycles. The quantitative estimate of drug-likeness (QED) is 0.418. The van der Waals surface area contributed by atoms with E-state index in [0.717, 1.165) is 0 Å². The van der Waals surface area contributed by atoms with Crippen molar-refractivity contribution >= 4 is 0 Å². The van der Waals surface area contributed by atoms with Crippen LogP contribution in [0.15, 0.2) is 0 Å². The molecule has 0 fully saturated rings. The van der Waals surface area contributed by atoms with Gasteiger partial charge in [-0.2, -0.15) is 9.68 Å². The van der Waals surface area contributed by atoms with E-state index in [1.165, 1.54) is 0 Å². The molecule has 4 heteroatoms. The van der Waals surface area contributed by atoms with Gasteiger partial charge in [0.1, 0.15) is 12.6 Å². The number of hydroxylamine groups is 2. The summed E-state index contributed by atoms with van der Waals surface area (Å²) < 4.78 is 0. The minimum absolute atomic E-state index is 0. The molecule has 3 nitrogen and oxygen atoms in total. The Morgan fingerprint density at radius 1 is 1.20 bits per heavy atom. The van der Waals surface area contributed by atoms with Crippen LogP contribution in [0.5, 0.6) is 0 Å². The van der Waals surface area contributed by atoms with E-state index in [9.17, 15) is 0 Å². The van der Waals surface area contributed by atoms with Gasteiger partial charge in [-0.25, -0.2) is 0 Å². The van der Waals surface area contributed by atoms with Gasteiger partial charge in [-0.1, -0.05) is 5.23 Å². The van der Waals surface area contributed by atoms with Crippen molar-refractivity contribution in [2.45, 2.75) is 26.4 Å². The Bertz CT molecular complexity index is 82.3. The van der Waals surface area contributed by atoms with Crippen LogP contribution in [-0.4, -0.2) is 19.8 Å². The Labute approximate surface area is 79.6 Å². The normalized spacial score (nSPS) is 14.1. The maximum atomic E-state index is 5.28. The van der Waals surface area contributed by atoms with Gasteiger partial charge < -0.3 is 24.0 Å². The highest BCUT2D eigenvalue weighted by atomic mass is 127. The first-order chi connectivity index (χ1) is 3.95. The summed E-state index contributed by atoms with van der Waals surface area (Å²) in [4.78, 5) is 10.1. The van der Waals surface area contributed by atoms with Gasteiger partial charge in [0, 0.05) is 0 Å². The van der Waals surface area contributed by atoms with Gasteiger partial charge in [0.15, 0.2) is 0 Å². The highest BCUT2D eigenvalue weighted by Crippen LogP contribution is 2.00. The summed E-state index contributed by atoms with van der Waals surface area (Å²) in [5.41, 5.74) is -0.139. The van der Waals surface area contributed by atoms with Crippen molar-refractivity contribution in [3.8, 4) is 0 Å². The molecule has 1 atom stereocenters. The number of nitrogens with one attached hydrogen (secondary N) is 1. The van der Waals surface area contributed by atoms with Crippen LogP contribution in [-0.2, 0) is 9.68 Å². The smallest absolute Gasteiger partial charge is 0.130 e. The molecule has 10 heavy (non-hydrogen) atoms. The van der Waals surface area contributed by atoms with E-state index in [1.54, 1.807) is 14.2 Å². The Morgan fingerprint density at radius 3 is 1.70 bits per heavy atom. The molecule has 0 aromatic rings. The molecule has 0 heterocycles. The lowest BCUT2D eigenvalue weighted by Crippen LogP contribution is -3.07. The summed E-state index contributed by atoms with van der Waals surface area (Å²) in [6.45, 7) is 5.94. The minimum atomic E-state index is -0.139. The molecular formula is C6H16INO2. The monoisotopic (exact) mass is 261 g/mol. The zero-order chi connectivity index (χ0) is 7.49. The molecule has 0 spiro atoms. The second-order valence-electron chi connectivity index (χ2n) is 2.91. The molecule has 0 aliphatic carbocycles.